The van der Waals surface area contributed by atoms with Gasteiger partial charge in [0.1, 0.15) is 0 Å². The molecule has 0 radical (unpaired) electrons. The summed E-state index contributed by atoms with van der Waals surface area (Å²) in [5, 5.41) is 8.22. The summed E-state index contributed by atoms with van der Waals surface area (Å²) < 4.78 is 0. The second-order valence-corrected chi connectivity index (χ2v) is 6.14. The molecule has 3 N–H and O–H groups in total. The maximum atomic E-state index is 6.12. The van der Waals surface area contributed by atoms with Crippen LogP contribution in [0.2, 0.25) is 5.02 Å². The van der Waals surface area contributed by atoms with Gasteiger partial charge in [-0.3, -0.25) is 5.10 Å². The van der Waals surface area contributed by atoms with Crippen molar-refractivity contribution in [2.45, 2.75) is 44.4 Å². The molecule has 4 heteroatoms. The molecule has 1 aromatic heterocycles. The Morgan fingerprint density at radius 3 is 2.50 bits per heavy atom. The van der Waals surface area contributed by atoms with E-state index in [1.807, 2.05) is 24.3 Å². The molecule has 20 heavy (non-hydrogen) atoms. The summed E-state index contributed by atoms with van der Waals surface area (Å²) in [6.45, 7) is 2.26. The molecule has 0 atom stereocenters. The van der Waals surface area contributed by atoms with Crippen LogP contribution in [0.5, 0.6) is 0 Å². The van der Waals surface area contributed by atoms with Crippen LogP contribution in [0.4, 0.5) is 5.82 Å². The number of hydrogen-bond acceptors (Lipinski definition) is 2. The lowest BCUT2D eigenvalue weighted by Gasteiger charge is -2.27. The smallest absolute Gasteiger partial charge is 0.153 e. The maximum absolute atomic E-state index is 6.12. The average Bonchev–Trinajstić information content (AvgIpc) is 3.07. The van der Waals surface area contributed by atoms with Gasteiger partial charge in [-0.1, -0.05) is 43.5 Å². The average molecular weight is 290 g/mol. The first-order chi connectivity index (χ1) is 9.66. The predicted octanol–water partition coefficient (Wildman–Crippen LogP) is 4.53. The van der Waals surface area contributed by atoms with Gasteiger partial charge in [0.05, 0.1) is 5.69 Å². The van der Waals surface area contributed by atoms with Crippen LogP contribution < -0.4 is 5.73 Å². The molecule has 1 saturated carbocycles. The van der Waals surface area contributed by atoms with E-state index in [2.05, 4.69) is 17.1 Å². The molecule has 3 nitrogen and oxygen atoms in total. The van der Waals surface area contributed by atoms with Crippen molar-refractivity contribution in [3.8, 4) is 11.1 Å². The molecular weight excluding hydrogens is 270 g/mol. The Morgan fingerprint density at radius 2 is 1.90 bits per heavy atom. The third-order valence-electron chi connectivity index (χ3n) is 4.69. The molecule has 1 aliphatic carbocycles. The number of nitrogens with two attached hydrogens (primary N) is 1. The minimum Gasteiger partial charge on any atom is -0.382 e. The van der Waals surface area contributed by atoms with Crippen molar-refractivity contribution in [2.75, 3.05) is 5.73 Å². The van der Waals surface area contributed by atoms with E-state index in [4.69, 9.17) is 17.3 Å². The van der Waals surface area contributed by atoms with Crippen LogP contribution in [0, 0.1) is 0 Å². The quantitative estimate of drug-likeness (QED) is 0.872. The lowest BCUT2D eigenvalue weighted by atomic mass is 9.77. The van der Waals surface area contributed by atoms with Crippen LogP contribution in [0.1, 0.15) is 44.7 Å². The minimum atomic E-state index is 0.208. The largest absolute Gasteiger partial charge is 0.382 e. The van der Waals surface area contributed by atoms with E-state index in [9.17, 15) is 0 Å². The number of aromatic nitrogens is 2. The van der Waals surface area contributed by atoms with Crippen molar-refractivity contribution in [2.24, 2.45) is 0 Å². The van der Waals surface area contributed by atoms with E-state index in [0.717, 1.165) is 22.6 Å². The fraction of sp³-hybridized carbons (Fsp3) is 0.438. The normalized spacial score (nSPS) is 17.5. The molecule has 0 bridgehead atoms. The summed E-state index contributed by atoms with van der Waals surface area (Å²) in [7, 11) is 0. The van der Waals surface area contributed by atoms with Gasteiger partial charge in [0.15, 0.2) is 5.82 Å². The van der Waals surface area contributed by atoms with Crippen LogP contribution in [0.25, 0.3) is 11.1 Å². The zero-order chi connectivity index (χ0) is 14.2. The van der Waals surface area contributed by atoms with E-state index in [0.29, 0.717) is 5.82 Å². The standard InChI is InChI=1S/C16H20ClN3/c1-2-16(9-3-4-10-16)14-13(15(18)20-19-14)11-5-7-12(17)8-6-11/h5-8H,2-4,9-10H2,1H3,(H3,18,19,20). The number of anilines is 1. The highest BCUT2D eigenvalue weighted by Crippen LogP contribution is 2.47. The molecular formula is C16H20ClN3. The fourth-order valence-corrected chi connectivity index (χ4v) is 3.61. The summed E-state index contributed by atoms with van der Waals surface area (Å²) in [5.74, 6) is 0.585. The molecule has 1 aromatic carbocycles. The van der Waals surface area contributed by atoms with Crippen molar-refractivity contribution >= 4 is 17.4 Å². The molecule has 0 saturated heterocycles. The Balaban J connectivity index is 2.12. The van der Waals surface area contributed by atoms with Gasteiger partial charge in [0.25, 0.3) is 0 Å². The molecule has 0 aliphatic heterocycles. The summed E-state index contributed by atoms with van der Waals surface area (Å²) in [5.41, 5.74) is 9.68. The number of nitrogens with zero attached hydrogens (tertiary/aromatic N) is 1. The van der Waals surface area contributed by atoms with E-state index >= 15 is 0 Å². The number of hydrogen-bond donors (Lipinski definition) is 2. The number of halogens is 1. The number of rotatable bonds is 3. The van der Waals surface area contributed by atoms with Crippen LogP contribution in [0.15, 0.2) is 24.3 Å². The number of nitrogens with one attached hydrogen (secondary N) is 1. The third-order valence-corrected chi connectivity index (χ3v) is 4.95. The van der Waals surface area contributed by atoms with Gasteiger partial charge >= 0.3 is 0 Å². The highest BCUT2D eigenvalue weighted by Gasteiger charge is 2.38. The van der Waals surface area contributed by atoms with Crippen LogP contribution in [0.3, 0.4) is 0 Å². The van der Waals surface area contributed by atoms with Crippen molar-refractivity contribution in [3.05, 3.63) is 35.0 Å². The van der Waals surface area contributed by atoms with Gasteiger partial charge in [-0.2, -0.15) is 5.10 Å². The lowest BCUT2D eigenvalue weighted by Crippen LogP contribution is -2.22. The summed E-state index contributed by atoms with van der Waals surface area (Å²) in [6, 6.07) is 7.84. The van der Waals surface area contributed by atoms with E-state index in [1.54, 1.807) is 0 Å². The second-order valence-electron chi connectivity index (χ2n) is 5.71. The Morgan fingerprint density at radius 1 is 1.25 bits per heavy atom. The van der Waals surface area contributed by atoms with Crippen molar-refractivity contribution in [1.82, 2.24) is 10.2 Å². The Bertz CT molecular complexity index is 595. The molecule has 3 rings (SSSR count). The first-order valence-electron chi connectivity index (χ1n) is 7.26. The van der Waals surface area contributed by atoms with E-state index in [1.165, 1.54) is 31.4 Å². The van der Waals surface area contributed by atoms with Gasteiger partial charge in [-0.15, -0.1) is 0 Å². The van der Waals surface area contributed by atoms with Crippen LogP contribution in [-0.2, 0) is 5.41 Å². The highest BCUT2D eigenvalue weighted by molar-refractivity contribution is 6.30. The maximum Gasteiger partial charge on any atom is 0.153 e. The third kappa shape index (κ3) is 2.10. The van der Waals surface area contributed by atoms with Gasteiger partial charge < -0.3 is 5.73 Å². The Kier molecular flexibility index (Phi) is 3.47. The predicted molar refractivity (Wildman–Crippen MR) is 83.9 cm³/mol. The Labute approximate surface area is 124 Å². The molecule has 1 fully saturated rings. The minimum absolute atomic E-state index is 0.208. The molecule has 0 spiro atoms. The van der Waals surface area contributed by atoms with E-state index in [-0.39, 0.29) is 5.41 Å². The van der Waals surface area contributed by atoms with Gasteiger partial charge in [0.2, 0.25) is 0 Å². The first-order valence-corrected chi connectivity index (χ1v) is 7.64. The van der Waals surface area contributed by atoms with Crippen molar-refractivity contribution < 1.29 is 0 Å². The molecule has 2 aromatic rings. The molecule has 1 aliphatic rings. The van der Waals surface area contributed by atoms with Crippen molar-refractivity contribution in [1.29, 1.82) is 0 Å². The lowest BCUT2D eigenvalue weighted by molar-refractivity contribution is 0.413. The van der Waals surface area contributed by atoms with Gasteiger partial charge in [-0.05, 0) is 37.0 Å². The topological polar surface area (TPSA) is 54.7 Å². The summed E-state index contributed by atoms with van der Waals surface area (Å²) in [6.07, 6.45) is 6.12. The fourth-order valence-electron chi connectivity index (χ4n) is 3.48. The number of aromatic amines is 1. The number of H-pyrrole nitrogens is 1. The number of benzene rings is 1. The Hall–Kier alpha value is -1.48. The van der Waals surface area contributed by atoms with Crippen molar-refractivity contribution in [3.63, 3.8) is 0 Å². The SMILES string of the molecule is CCC1(c2[nH]nc(N)c2-c2ccc(Cl)cc2)CCCC1. The zero-order valence-corrected chi connectivity index (χ0v) is 12.5. The second kappa shape index (κ2) is 5.13. The van der Waals surface area contributed by atoms with Gasteiger partial charge in [0, 0.05) is 16.0 Å². The van der Waals surface area contributed by atoms with Gasteiger partial charge in [-0.25, -0.2) is 0 Å². The molecule has 0 amide bonds. The first kappa shape index (κ1) is 13.5. The monoisotopic (exact) mass is 289 g/mol. The van der Waals surface area contributed by atoms with Crippen LogP contribution in [-0.4, -0.2) is 10.2 Å². The van der Waals surface area contributed by atoms with E-state index < -0.39 is 0 Å². The number of nitrogen functional groups attached to an aromatic ring is 1. The summed E-state index contributed by atoms with van der Waals surface area (Å²) in [4.78, 5) is 0. The zero-order valence-electron chi connectivity index (χ0n) is 11.7. The van der Waals surface area contributed by atoms with Crippen LogP contribution >= 0.6 is 11.6 Å². The highest BCUT2D eigenvalue weighted by atomic mass is 35.5. The molecule has 0 unspecified atom stereocenters. The molecule has 1 heterocycles. The molecule has 106 valence electrons. The summed E-state index contributed by atoms with van der Waals surface area (Å²) >= 11 is 5.98.